The molecule has 2 aromatic rings. The van der Waals surface area contributed by atoms with Crippen LogP contribution in [0.5, 0.6) is 5.75 Å². The Morgan fingerprint density at radius 3 is 2.68 bits per heavy atom. The zero-order valence-corrected chi connectivity index (χ0v) is 10.5. The van der Waals surface area contributed by atoms with E-state index in [1.54, 1.807) is 18.2 Å². The average molecular weight is 283 g/mol. The molecule has 0 bridgehead atoms. The van der Waals surface area contributed by atoms with Crippen LogP contribution in [-0.4, -0.2) is 12.4 Å². The molecular formula is C14H9ClF2O2. The quantitative estimate of drug-likeness (QED) is 0.796. The van der Waals surface area contributed by atoms with Crippen molar-refractivity contribution in [2.24, 2.45) is 0 Å². The monoisotopic (exact) mass is 282 g/mol. The van der Waals surface area contributed by atoms with Crippen molar-refractivity contribution < 1.29 is 18.3 Å². The largest absolute Gasteiger partial charge is 0.485 e. The molecule has 2 rings (SSSR count). The van der Waals surface area contributed by atoms with Crippen molar-refractivity contribution >= 4 is 17.4 Å². The fraction of sp³-hybridized carbons (Fsp3) is 0.0714. The van der Waals surface area contributed by atoms with Gasteiger partial charge in [-0.15, -0.1) is 0 Å². The van der Waals surface area contributed by atoms with E-state index in [0.29, 0.717) is 10.8 Å². The van der Waals surface area contributed by atoms with E-state index in [2.05, 4.69) is 0 Å². The van der Waals surface area contributed by atoms with Crippen molar-refractivity contribution in [2.75, 3.05) is 6.61 Å². The van der Waals surface area contributed by atoms with Crippen molar-refractivity contribution in [1.82, 2.24) is 0 Å². The van der Waals surface area contributed by atoms with E-state index in [1.165, 1.54) is 6.07 Å². The van der Waals surface area contributed by atoms with Gasteiger partial charge in [0.1, 0.15) is 17.4 Å². The SMILES string of the molecule is O=C(COc1cccc(Cl)c1)c1cc(F)ccc1F. The maximum absolute atomic E-state index is 13.3. The number of Topliss-reactive ketones (excluding diaryl/α,β-unsaturated/α-hetero) is 1. The molecule has 0 fully saturated rings. The molecule has 2 nitrogen and oxygen atoms in total. The number of hydrogen-bond acceptors (Lipinski definition) is 2. The Kier molecular flexibility index (Phi) is 4.12. The van der Waals surface area contributed by atoms with E-state index in [9.17, 15) is 13.6 Å². The summed E-state index contributed by atoms with van der Waals surface area (Å²) in [5, 5.41) is 0.460. The smallest absolute Gasteiger partial charge is 0.203 e. The summed E-state index contributed by atoms with van der Waals surface area (Å²) in [5.74, 6) is -1.71. The topological polar surface area (TPSA) is 26.3 Å². The summed E-state index contributed by atoms with van der Waals surface area (Å²) in [6, 6.07) is 9.15. The molecule has 0 aliphatic rings. The Bertz CT molecular complexity index is 614. The Balaban J connectivity index is 2.07. The Morgan fingerprint density at radius 2 is 1.95 bits per heavy atom. The van der Waals surface area contributed by atoms with Crippen molar-refractivity contribution in [1.29, 1.82) is 0 Å². The third kappa shape index (κ3) is 3.51. The van der Waals surface area contributed by atoms with Crippen molar-refractivity contribution in [3.8, 4) is 5.75 Å². The van der Waals surface area contributed by atoms with Crippen LogP contribution >= 0.6 is 11.6 Å². The first-order valence-corrected chi connectivity index (χ1v) is 5.80. The second-order valence-corrected chi connectivity index (χ2v) is 4.23. The van der Waals surface area contributed by atoms with Crippen LogP contribution in [0.3, 0.4) is 0 Å². The highest BCUT2D eigenvalue weighted by Gasteiger charge is 2.13. The van der Waals surface area contributed by atoms with Gasteiger partial charge < -0.3 is 4.74 Å². The van der Waals surface area contributed by atoms with Crippen LogP contribution in [0.15, 0.2) is 42.5 Å². The molecule has 0 spiro atoms. The number of hydrogen-bond donors (Lipinski definition) is 0. The third-order valence-corrected chi connectivity index (χ3v) is 2.63. The molecule has 0 saturated heterocycles. The predicted molar refractivity (Wildman–Crippen MR) is 67.6 cm³/mol. The summed E-state index contributed by atoms with van der Waals surface area (Å²) in [7, 11) is 0. The van der Waals surface area contributed by atoms with Crippen LogP contribution in [-0.2, 0) is 0 Å². The number of halogens is 3. The van der Waals surface area contributed by atoms with Crippen LogP contribution in [0.4, 0.5) is 8.78 Å². The predicted octanol–water partition coefficient (Wildman–Crippen LogP) is 3.88. The first kappa shape index (κ1) is 13.5. The maximum atomic E-state index is 13.3. The van der Waals surface area contributed by atoms with Gasteiger partial charge in [-0.25, -0.2) is 8.78 Å². The molecule has 0 radical (unpaired) electrons. The van der Waals surface area contributed by atoms with Gasteiger partial charge in [-0.2, -0.15) is 0 Å². The van der Waals surface area contributed by atoms with E-state index in [1.807, 2.05) is 0 Å². The molecule has 0 heterocycles. The zero-order valence-electron chi connectivity index (χ0n) is 9.70. The molecule has 5 heteroatoms. The Labute approximate surface area is 113 Å². The lowest BCUT2D eigenvalue weighted by Gasteiger charge is -2.06. The lowest BCUT2D eigenvalue weighted by atomic mass is 10.1. The molecule has 0 aliphatic heterocycles. The lowest BCUT2D eigenvalue weighted by molar-refractivity contribution is 0.0917. The second-order valence-electron chi connectivity index (χ2n) is 3.79. The number of benzene rings is 2. The zero-order chi connectivity index (χ0) is 13.8. The van der Waals surface area contributed by atoms with Gasteiger partial charge in [-0.3, -0.25) is 4.79 Å². The lowest BCUT2D eigenvalue weighted by Crippen LogP contribution is -2.13. The Hall–Kier alpha value is -1.94. The summed E-state index contributed by atoms with van der Waals surface area (Å²) in [6.45, 7) is -0.388. The van der Waals surface area contributed by atoms with Crippen molar-refractivity contribution in [3.63, 3.8) is 0 Å². The minimum atomic E-state index is -0.777. The average Bonchev–Trinajstić information content (AvgIpc) is 2.39. The Morgan fingerprint density at radius 1 is 1.16 bits per heavy atom. The second kappa shape index (κ2) is 5.80. The first-order valence-electron chi connectivity index (χ1n) is 5.43. The van der Waals surface area contributed by atoms with E-state index >= 15 is 0 Å². The fourth-order valence-electron chi connectivity index (χ4n) is 1.49. The van der Waals surface area contributed by atoms with Gasteiger partial charge >= 0.3 is 0 Å². The van der Waals surface area contributed by atoms with Crippen LogP contribution in [0.2, 0.25) is 5.02 Å². The molecule has 98 valence electrons. The van der Waals surface area contributed by atoms with Gasteiger partial charge in [0.2, 0.25) is 5.78 Å². The highest BCUT2D eigenvalue weighted by molar-refractivity contribution is 6.30. The fourth-order valence-corrected chi connectivity index (χ4v) is 1.67. The third-order valence-electron chi connectivity index (χ3n) is 2.39. The molecule has 0 N–H and O–H groups in total. The highest BCUT2D eigenvalue weighted by Crippen LogP contribution is 2.18. The van der Waals surface area contributed by atoms with E-state index in [4.69, 9.17) is 16.3 Å². The van der Waals surface area contributed by atoms with E-state index < -0.39 is 17.4 Å². The molecule has 0 aliphatic carbocycles. The molecular weight excluding hydrogens is 274 g/mol. The van der Waals surface area contributed by atoms with Crippen molar-refractivity contribution in [3.05, 3.63) is 64.7 Å². The van der Waals surface area contributed by atoms with Crippen LogP contribution in [0, 0.1) is 11.6 Å². The van der Waals surface area contributed by atoms with Gasteiger partial charge in [0.15, 0.2) is 6.61 Å². The number of rotatable bonds is 4. The molecule has 2 aromatic carbocycles. The van der Waals surface area contributed by atoms with Gasteiger partial charge in [-0.05, 0) is 36.4 Å². The minimum Gasteiger partial charge on any atom is -0.485 e. The highest BCUT2D eigenvalue weighted by atomic mass is 35.5. The van der Waals surface area contributed by atoms with Gasteiger partial charge in [0.05, 0.1) is 5.56 Å². The molecule has 0 amide bonds. The molecule has 0 unspecified atom stereocenters. The maximum Gasteiger partial charge on any atom is 0.203 e. The van der Waals surface area contributed by atoms with Gasteiger partial charge in [0, 0.05) is 5.02 Å². The summed E-state index contributed by atoms with van der Waals surface area (Å²) in [4.78, 5) is 11.7. The number of carbonyl (C=O) groups excluding carboxylic acids is 1. The normalized spacial score (nSPS) is 10.3. The van der Waals surface area contributed by atoms with Crippen LogP contribution < -0.4 is 4.74 Å². The summed E-state index contributed by atoms with van der Waals surface area (Å²) in [5.41, 5.74) is -0.331. The number of ketones is 1. The van der Waals surface area contributed by atoms with Crippen LogP contribution in [0.1, 0.15) is 10.4 Å². The number of carbonyl (C=O) groups is 1. The minimum absolute atomic E-state index is 0.331. The number of ether oxygens (including phenoxy) is 1. The van der Waals surface area contributed by atoms with E-state index in [0.717, 1.165) is 18.2 Å². The molecule has 0 saturated carbocycles. The van der Waals surface area contributed by atoms with Crippen LogP contribution in [0.25, 0.3) is 0 Å². The summed E-state index contributed by atoms with van der Waals surface area (Å²) >= 11 is 5.75. The van der Waals surface area contributed by atoms with Gasteiger partial charge in [0.25, 0.3) is 0 Å². The first-order chi connectivity index (χ1) is 9.06. The van der Waals surface area contributed by atoms with Crippen molar-refractivity contribution in [2.45, 2.75) is 0 Å². The molecule has 0 atom stereocenters. The molecule has 19 heavy (non-hydrogen) atoms. The summed E-state index contributed by atoms with van der Waals surface area (Å²) in [6.07, 6.45) is 0. The van der Waals surface area contributed by atoms with E-state index in [-0.39, 0.29) is 12.2 Å². The van der Waals surface area contributed by atoms with Gasteiger partial charge in [-0.1, -0.05) is 17.7 Å². The molecule has 0 aromatic heterocycles. The standard InChI is InChI=1S/C14H9ClF2O2/c15-9-2-1-3-11(6-9)19-8-14(18)12-7-10(16)4-5-13(12)17/h1-7H,8H2. The summed E-state index contributed by atoms with van der Waals surface area (Å²) < 4.78 is 31.5.